The standard InChI is InChI=1S/C28H26N2O5/c1-2-21-12-9-15-23(29-25(31)19-34-22-13-7-4-8-14-22)28(21)24-16-26(32)30(24)17-27(33)35-18-20-10-5-3-6-11-20/h2-15,24H,1,16-19H2,(H,29,31). The summed E-state index contributed by atoms with van der Waals surface area (Å²) in [5, 5.41) is 2.87. The Bertz CT molecular complexity index is 1210. The summed E-state index contributed by atoms with van der Waals surface area (Å²) in [5.74, 6) is -0.400. The van der Waals surface area contributed by atoms with Crippen molar-refractivity contribution in [3.63, 3.8) is 0 Å². The average molecular weight is 471 g/mol. The summed E-state index contributed by atoms with van der Waals surface area (Å²) in [6.45, 7) is 3.66. The molecule has 1 fully saturated rings. The lowest BCUT2D eigenvalue weighted by Crippen LogP contribution is -2.49. The molecule has 3 aromatic carbocycles. The van der Waals surface area contributed by atoms with Crippen LogP contribution < -0.4 is 10.1 Å². The second kappa shape index (κ2) is 11.2. The van der Waals surface area contributed by atoms with Gasteiger partial charge in [-0.15, -0.1) is 0 Å². The Morgan fingerprint density at radius 2 is 1.71 bits per heavy atom. The van der Waals surface area contributed by atoms with Gasteiger partial charge in [0.05, 0.1) is 12.5 Å². The molecule has 0 bridgehead atoms. The van der Waals surface area contributed by atoms with E-state index in [0.29, 0.717) is 11.4 Å². The van der Waals surface area contributed by atoms with E-state index in [4.69, 9.17) is 9.47 Å². The molecule has 1 N–H and O–H groups in total. The van der Waals surface area contributed by atoms with Gasteiger partial charge < -0.3 is 19.7 Å². The molecule has 0 spiro atoms. The topological polar surface area (TPSA) is 84.9 Å². The summed E-state index contributed by atoms with van der Waals surface area (Å²) in [4.78, 5) is 38.9. The molecule has 2 amide bonds. The highest BCUT2D eigenvalue weighted by Gasteiger charge is 2.40. The maximum absolute atomic E-state index is 12.6. The summed E-state index contributed by atoms with van der Waals surface area (Å²) < 4.78 is 10.9. The zero-order chi connectivity index (χ0) is 24.6. The number of rotatable bonds is 10. The predicted molar refractivity (Wildman–Crippen MR) is 132 cm³/mol. The molecule has 1 aliphatic heterocycles. The number of nitrogens with zero attached hydrogens (tertiary/aromatic N) is 1. The van der Waals surface area contributed by atoms with Crippen molar-refractivity contribution in [3.8, 4) is 5.75 Å². The molecule has 1 aliphatic rings. The first kappa shape index (κ1) is 23.8. The zero-order valence-electron chi connectivity index (χ0n) is 19.2. The molecule has 0 saturated carbocycles. The van der Waals surface area contributed by atoms with Crippen LogP contribution in [0.25, 0.3) is 6.08 Å². The maximum Gasteiger partial charge on any atom is 0.325 e. The van der Waals surface area contributed by atoms with Crippen LogP contribution in [0.5, 0.6) is 5.75 Å². The highest BCUT2D eigenvalue weighted by atomic mass is 16.5. The molecule has 1 heterocycles. The van der Waals surface area contributed by atoms with E-state index in [-0.39, 0.29) is 44.0 Å². The third-order valence-electron chi connectivity index (χ3n) is 5.69. The van der Waals surface area contributed by atoms with Gasteiger partial charge in [-0.3, -0.25) is 14.4 Å². The smallest absolute Gasteiger partial charge is 0.325 e. The number of carbonyl (C=O) groups is 3. The van der Waals surface area contributed by atoms with Gasteiger partial charge in [-0.25, -0.2) is 0 Å². The average Bonchev–Trinajstić information content (AvgIpc) is 2.89. The van der Waals surface area contributed by atoms with Crippen molar-refractivity contribution < 1.29 is 23.9 Å². The van der Waals surface area contributed by atoms with Crippen LogP contribution in [-0.2, 0) is 25.7 Å². The highest BCUT2D eigenvalue weighted by Crippen LogP contribution is 2.40. The van der Waals surface area contributed by atoms with Crippen LogP contribution in [0, 0.1) is 0 Å². The first-order valence-electron chi connectivity index (χ1n) is 11.3. The fraction of sp³-hybridized carbons (Fsp3) is 0.179. The van der Waals surface area contributed by atoms with E-state index in [1.165, 1.54) is 4.90 Å². The van der Waals surface area contributed by atoms with Crippen molar-refractivity contribution in [1.82, 2.24) is 4.90 Å². The van der Waals surface area contributed by atoms with E-state index in [0.717, 1.165) is 16.7 Å². The number of hydrogen-bond acceptors (Lipinski definition) is 5. The van der Waals surface area contributed by atoms with Gasteiger partial charge in [0.25, 0.3) is 5.91 Å². The minimum Gasteiger partial charge on any atom is -0.484 e. The molecule has 1 unspecified atom stereocenters. The maximum atomic E-state index is 12.6. The summed E-state index contributed by atoms with van der Waals surface area (Å²) >= 11 is 0. The lowest BCUT2D eigenvalue weighted by molar-refractivity contribution is -0.158. The summed E-state index contributed by atoms with van der Waals surface area (Å²) in [5.41, 5.74) is 2.91. The van der Waals surface area contributed by atoms with E-state index in [1.807, 2.05) is 54.6 Å². The van der Waals surface area contributed by atoms with Gasteiger partial charge in [0.15, 0.2) is 6.61 Å². The number of benzene rings is 3. The molecule has 0 radical (unpaired) electrons. The number of hydrogen-bond donors (Lipinski definition) is 1. The van der Waals surface area contributed by atoms with Crippen LogP contribution in [0.4, 0.5) is 5.69 Å². The molecular weight excluding hydrogens is 444 g/mol. The molecule has 4 rings (SSSR count). The minimum absolute atomic E-state index is 0.137. The third-order valence-corrected chi connectivity index (χ3v) is 5.69. The Kier molecular flexibility index (Phi) is 7.57. The molecular formula is C28H26N2O5. The van der Waals surface area contributed by atoms with Crippen molar-refractivity contribution in [2.24, 2.45) is 0 Å². The predicted octanol–water partition coefficient (Wildman–Crippen LogP) is 4.36. The number of ether oxygens (including phenoxy) is 2. The molecule has 35 heavy (non-hydrogen) atoms. The molecule has 7 heteroatoms. The summed E-state index contributed by atoms with van der Waals surface area (Å²) in [6.07, 6.45) is 1.89. The van der Waals surface area contributed by atoms with Gasteiger partial charge in [0, 0.05) is 11.3 Å². The third kappa shape index (κ3) is 5.95. The quantitative estimate of drug-likeness (QED) is 0.352. The van der Waals surface area contributed by atoms with Crippen LogP contribution in [0.2, 0.25) is 0 Å². The zero-order valence-corrected chi connectivity index (χ0v) is 19.2. The minimum atomic E-state index is -0.496. The van der Waals surface area contributed by atoms with Crippen LogP contribution in [0.15, 0.2) is 85.4 Å². The van der Waals surface area contributed by atoms with Crippen molar-refractivity contribution in [2.75, 3.05) is 18.5 Å². The first-order valence-corrected chi connectivity index (χ1v) is 11.3. The molecule has 3 aromatic rings. The summed E-state index contributed by atoms with van der Waals surface area (Å²) in [6, 6.07) is 23.4. The first-order chi connectivity index (χ1) is 17.0. The van der Waals surface area contributed by atoms with E-state index in [9.17, 15) is 14.4 Å². The van der Waals surface area contributed by atoms with Gasteiger partial charge in [0.1, 0.15) is 18.9 Å². The Labute approximate surface area is 204 Å². The number of likely N-dealkylation sites (tertiary alicyclic amines) is 1. The number of para-hydroxylation sites is 1. The number of nitrogens with one attached hydrogen (secondary N) is 1. The monoisotopic (exact) mass is 470 g/mol. The molecule has 7 nitrogen and oxygen atoms in total. The van der Waals surface area contributed by atoms with E-state index in [1.54, 1.807) is 30.3 Å². The number of β-lactam (4-membered cyclic amide) rings is 1. The molecule has 0 aromatic heterocycles. The van der Waals surface area contributed by atoms with Gasteiger partial charge in [-0.05, 0) is 29.3 Å². The number of esters is 1. The second-order valence-corrected chi connectivity index (χ2v) is 8.05. The number of amides is 2. The van der Waals surface area contributed by atoms with Crippen molar-refractivity contribution in [1.29, 1.82) is 0 Å². The largest absolute Gasteiger partial charge is 0.484 e. The Morgan fingerprint density at radius 3 is 2.40 bits per heavy atom. The fourth-order valence-corrected chi connectivity index (χ4v) is 3.93. The molecule has 1 atom stereocenters. The van der Waals surface area contributed by atoms with Crippen molar-refractivity contribution in [2.45, 2.75) is 19.1 Å². The second-order valence-electron chi connectivity index (χ2n) is 8.05. The Hall–Kier alpha value is -4.39. The number of anilines is 1. The molecule has 178 valence electrons. The summed E-state index contributed by atoms with van der Waals surface area (Å²) in [7, 11) is 0. The highest BCUT2D eigenvalue weighted by molar-refractivity contribution is 5.95. The molecule has 0 aliphatic carbocycles. The lowest BCUT2D eigenvalue weighted by atomic mass is 9.88. The lowest BCUT2D eigenvalue weighted by Gasteiger charge is -2.41. The van der Waals surface area contributed by atoms with Crippen LogP contribution >= 0.6 is 0 Å². The van der Waals surface area contributed by atoms with Gasteiger partial charge >= 0.3 is 5.97 Å². The van der Waals surface area contributed by atoms with Crippen LogP contribution in [0.3, 0.4) is 0 Å². The van der Waals surface area contributed by atoms with Gasteiger partial charge in [-0.1, -0.05) is 73.3 Å². The molecule has 1 saturated heterocycles. The van der Waals surface area contributed by atoms with Gasteiger partial charge in [-0.2, -0.15) is 0 Å². The van der Waals surface area contributed by atoms with E-state index in [2.05, 4.69) is 11.9 Å². The Balaban J connectivity index is 1.43. The van der Waals surface area contributed by atoms with E-state index < -0.39 is 5.97 Å². The Morgan fingerprint density at radius 1 is 1.00 bits per heavy atom. The normalized spacial score (nSPS) is 14.6. The number of carbonyl (C=O) groups excluding carboxylic acids is 3. The van der Waals surface area contributed by atoms with Crippen molar-refractivity contribution >= 4 is 29.5 Å². The van der Waals surface area contributed by atoms with Crippen LogP contribution in [0.1, 0.15) is 29.2 Å². The fourth-order valence-electron chi connectivity index (χ4n) is 3.93. The SMILES string of the molecule is C=Cc1cccc(NC(=O)COc2ccccc2)c1C1CC(=O)N1CC(=O)OCc1ccccc1. The van der Waals surface area contributed by atoms with Crippen LogP contribution in [-0.4, -0.2) is 35.8 Å². The van der Waals surface area contributed by atoms with E-state index >= 15 is 0 Å². The van der Waals surface area contributed by atoms with Crippen molar-refractivity contribution in [3.05, 3.63) is 102 Å². The van der Waals surface area contributed by atoms with Gasteiger partial charge in [0.2, 0.25) is 5.91 Å².